The number of hydrogen-bond acceptors (Lipinski definition) is 6. The topological polar surface area (TPSA) is 93.1 Å². The molecule has 1 atom stereocenters. The van der Waals surface area contributed by atoms with Crippen LogP contribution in [0.25, 0.3) is 0 Å². The van der Waals surface area contributed by atoms with Crippen LogP contribution in [0.15, 0.2) is 0 Å². The first-order valence-electron chi connectivity index (χ1n) is 4.31. The van der Waals surface area contributed by atoms with Gasteiger partial charge < -0.3 is 9.78 Å². The molecular formula is C8H14O6. The molecule has 6 heteroatoms. The SMILES string of the molecule is CC(CCCCC(=O)OO)C(=O)OO. The molecule has 0 saturated carbocycles. The maximum atomic E-state index is 10.7. The number of carbonyl (C=O) groups is 2. The zero-order chi connectivity index (χ0) is 11.0. The summed E-state index contributed by atoms with van der Waals surface area (Å²) in [4.78, 5) is 28.1. The first kappa shape index (κ1) is 12.9. The van der Waals surface area contributed by atoms with Gasteiger partial charge in [0.05, 0.1) is 5.92 Å². The molecule has 0 heterocycles. The Labute approximate surface area is 81.3 Å². The fraction of sp³-hybridized carbons (Fsp3) is 0.750. The molecule has 14 heavy (non-hydrogen) atoms. The van der Waals surface area contributed by atoms with E-state index >= 15 is 0 Å². The van der Waals surface area contributed by atoms with Gasteiger partial charge in [0.1, 0.15) is 0 Å². The number of rotatable bonds is 6. The third kappa shape index (κ3) is 5.50. The monoisotopic (exact) mass is 206 g/mol. The van der Waals surface area contributed by atoms with Gasteiger partial charge in [-0.05, 0) is 12.8 Å². The summed E-state index contributed by atoms with van der Waals surface area (Å²) >= 11 is 0. The normalized spacial score (nSPS) is 11.9. The van der Waals surface area contributed by atoms with Crippen LogP contribution in [0.4, 0.5) is 0 Å². The van der Waals surface area contributed by atoms with Crippen LogP contribution in [0.1, 0.15) is 32.6 Å². The van der Waals surface area contributed by atoms with E-state index < -0.39 is 17.9 Å². The molecule has 1 unspecified atom stereocenters. The summed E-state index contributed by atoms with van der Waals surface area (Å²) in [5, 5.41) is 15.9. The van der Waals surface area contributed by atoms with Crippen LogP contribution in [-0.2, 0) is 19.4 Å². The van der Waals surface area contributed by atoms with Crippen LogP contribution in [0.2, 0.25) is 0 Å². The molecule has 0 radical (unpaired) electrons. The first-order chi connectivity index (χ1) is 6.61. The van der Waals surface area contributed by atoms with Gasteiger partial charge in [0, 0.05) is 6.42 Å². The van der Waals surface area contributed by atoms with Crippen molar-refractivity contribution in [3.05, 3.63) is 0 Å². The van der Waals surface area contributed by atoms with Crippen molar-refractivity contribution in [2.24, 2.45) is 5.92 Å². The van der Waals surface area contributed by atoms with E-state index in [9.17, 15) is 9.59 Å². The predicted octanol–water partition coefficient (Wildman–Crippen LogP) is 1.22. The lowest BCUT2D eigenvalue weighted by Gasteiger charge is -2.05. The van der Waals surface area contributed by atoms with E-state index in [0.29, 0.717) is 19.3 Å². The van der Waals surface area contributed by atoms with Crippen molar-refractivity contribution in [1.82, 2.24) is 0 Å². The second-order valence-electron chi connectivity index (χ2n) is 3.02. The van der Waals surface area contributed by atoms with Gasteiger partial charge in [-0.2, -0.15) is 10.5 Å². The molecule has 82 valence electrons. The minimum atomic E-state index is -0.692. The predicted molar refractivity (Wildman–Crippen MR) is 45.1 cm³/mol. The Balaban J connectivity index is 3.45. The molecule has 0 aliphatic carbocycles. The zero-order valence-electron chi connectivity index (χ0n) is 7.93. The van der Waals surface area contributed by atoms with E-state index in [0.717, 1.165) is 0 Å². The van der Waals surface area contributed by atoms with E-state index in [-0.39, 0.29) is 6.42 Å². The lowest BCUT2D eigenvalue weighted by molar-refractivity contribution is -0.238. The Morgan fingerprint density at radius 1 is 1.21 bits per heavy atom. The molecule has 0 saturated heterocycles. The summed E-state index contributed by atoms with van der Waals surface area (Å²) in [6.45, 7) is 1.61. The lowest BCUT2D eigenvalue weighted by atomic mass is 10.0. The average Bonchev–Trinajstić information content (AvgIpc) is 2.22. The second kappa shape index (κ2) is 7.28. The molecule has 0 aliphatic rings. The van der Waals surface area contributed by atoms with E-state index in [1.54, 1.807) is 6.92 Å². The largest absolute Gasteiger partial charge is 0.344 e. The van der Waals surface area contributed by atoms with Crippen LogP contribution in [0, 0.1) is 5.92 Å². The van der Waals surface area contributed by atoms with E-state index in [2.05, 4.69) is 9.78 Å². The summed E-state index contributed by atoms with van der Waals surface area (Å²) in [5.41, 5.74) is 0. The maximum absolute atomic E-state index is 10.7. The molecule has 0 bridgehead atoms. The van der Waals surface area contributed by atoms with Gasteiger partial charge in [0.15, 0.2) is 0 Å². The molecule has 0 aromatic heterocycles. The minimum Gasteiger partial charge on any atom is -0.301 e. The molecule has 2 N–H and O–H groups in total. The molecule has 0 spiro atoms. The Kier molecular flexibility index (Phi) is 6.69. The molecule has 6 nitrogen and oxygen atoms in total. The van der Waals surface area contributed by atoms with Gasteiger partial charge >= 0.3 is 11.9 Å². The van der Waals surface area contributed by atoms with Gasteiger partial charge in [0.25, 0.3) is 0 Å². The van der Waals surface area contributed by atoms with Gasteiger partial charge in [-0.15, -0.1) is 0 Å². The molecule has 0 aliphatic heterocycles. The van der Waals surface area contributed by atoms with Gasteiger partial charge in [-0.25, -0.2) is 9.59 Å². The van der Waals surface area contributed by atoms with Crippen molar-refractivity contribution in [3.63, 3.8) is 0 Å². The quantitative estimate of drug-likeness (QED) is 0.385. The van der Waals surface area contributed by atoms with E-state index in [1.807, 2.05) is 0 Å². The third-order valence-electron chi connectivity index (χ3n) is 1.86. The van der Waals surface area contributed by atoms with Crippen molar-refractivity contribution < 1.29 is 29.9 Å². The highest BCUT2D eigenvalue weighted by atomic mass is 17.1. The highest BCUT2D eigenvalue weighted by molar-refractivity contribution is 5.71. The van der Waals surface area contributed by atoms with Crippen LogP contribution in [0.5, 0.6) is 0 Å². The Morgan fingerprint density at radius 2 is 1.86 bits per heavy atom. The Bertz CT molecular complexity index is 190. The first-order valence-corrected chi connectivity index (χ1v) is 4.31. The van der Waals surface area contributed by atoms with Crippen LogP contribution in [0.3, 0.4) is 0 Å². The number of carbonyl (C=O) groups excluding carboxylic acids is 2. The summed E-state index contributed by atoms with van der Waals surface area (Å²) in [7, 11) is 0. The highest BCUT2D eigenvalue weighted by Gasteiger charge is 2.14. The smallest absolute Gasteiger partial charge is 0.301 e. The van der Waals surface area contributed by atoms with Gasteiger partial charge in [-0.1, -0.05) is 13.3 Å². The third-order valence-corrected chi connectivity index (χ3v) is 1.86. The van der Waals surface area contributed by atoms with Crippen LogP contribution >= 0.6 is 0 Å². The minimum absolute atomic E-state index is 0.109. The van der Waals surface area contributed by atoms with Gasteiger partial charge in [0.2, 0.25) is 0 Å². The summed E-state index contributed by atoms with van der Waals surface area (Å²) < 4.78 is 0. The molecule has 0 amide bonds. The van der Waals surface area contributed by atoms with Crippen molar-refractivity contribution in [1.29, 1.82) is 0 Å². The number of unbranched alkanes of at least 4 members (excludes halogenated alkanes) is 1. The second-order valence-corrected chi connectivity index (χ2v) is 3.02. The van der Waals surface area contributed by atoms with Gasteiger partial charge in [-0.3, -0.25) is 0 Å². The highest BCUT2D eigenvalue weighted by Crippen LogP contribution is 2.10. The zero-order valence-corrected chi connectivity index (χ0v) is 7.93. The summed E-state index contributed by atoms with van der Waals surface area (Å²) in [6.07, 6.45) is 1.75. The standard InChI is InChI=1S/C8H14O6/c1-6(8(10)14-12)4-2-3-5-7(9)13-11/h6,11-12H,2-5H2,1H3. The molecule has 0 aromatic rings. The fourth-order valence-electron chi connectivity index (χ4n) is 0.973. The summed E-state index contributed by atoms with van der Waals surface area (Å²) in [5.74, 6) is -1.78. The van der Waals surface area contributed by atoms with Crippen LogP contribution < -0.4 is 0 Å². The number of hydrogen-bond donors (Lipinski definition) is 2. The van der Waals surface area contributed by atoms with Crippen LogP contribution in [-0.4, -0.2) is 22.5 Å². The van der Waals surface area contributed by atoms with Crippen molar-refractivity contribution in [3.8, 4) is 0 Å². The van der Waals surface area contributed by atoms with Crippen molar-refractivity contribution >= 4 is 11.9 Å². The Hall–Kier alpha value is -1.14. The molecule has 0 aromatic carbocycles. The average molecular weight is 206 g/mol. The Morgan fingerprint density at radius 3 is 2.36 bits per heavy atom. The molecule has 0 rings (SSSR count). The van der Waals surface area contributed by atoms with E-state index in [1.165, 1.54) is 0 Å². The van der Waals surface area contributed by atoms with Crippen molar-refractivity contribution in [2.75, 3.05) is 0 Å². The van der Waals surface area contributed by atoms with E-state index in [4.69, 9.17) is 10.5 Å². The van der Waals surface area contributed by atoms with Crippen molar-refractivity contribution in [2.45, 2.75) is 32.6 Å². The lowest BCUT2D eigenvalue weighted by Crippen LogP contribution is -2.12. The molecular weight excluding hydrogens is 192 g/mol. The summed E-state index contributed by atoms with van der Waals surface area (Å²) in [6, 6.07) is 0. The maximum Gasteiger partial charge on any atom is 0.344 e. The molecule has 0 fully saturated rings. The fourth-order valence-corrected chi connectivity index (χ4v) is 0.973.